The van der Waals surface area contributed by atoms with Gasteiger partial charge in [0.1, 0.15) is 46.5 Å². The van der Waals surface area contributed by atoms with Crippen molar-refractivity contribution in [2.75, 3.05) is 6.61 Å². The van der Waals surface area contributed by atoms with Gasteiger partial charge in [-0.15, -0.1) is 0 Å². The third kappa shape index (κ3) is 3.53. The van der Waals surface area contributed by atoms with Gasteiger partial charge in [-0.1, -0.05) is 0 Å². The van der Waals surface area contributed by atoms with Crippen molar-refractivity contribution in [1.82, 2.24) is 0 Å². The van der Waals surface area contributed by atoms with E-state index < -0.39 is 35.8 Å². The van der Waals surface area contributed by atoms with Crippen LogP contribution in [0.25, 0.3) is 22.3 Å². The second kappa shape index (κ2) is 7.50. The lowest BCUT2D eigenvalue weighted by atomic mass is 10.1. The van der Waals surface area contributed by atoms with Crippen LogP contribution in [-0.2, 0) is 4.74 Å². The molecule has 0 amide bonds. The number of hydrogen-bond donors (Lipinski definition) is 6. The van der Waals surface area contributed by atoms with Crippen LogP contribution in [0.5, 0.6) is 23.0 Å². The third-order valence-corrected chi connectivity index (χ3v) is 4.74. The first kappa shape index (κ1) is 20.0. The summed E-state index contributed by atoms with van der Waals surface area (Å²) in [5.74, 6) is -1.11. The predicted octanol–water partition coefficient (Wildman–Crippen LogP) is 0.395. The van der Waals surface area contributed by atoms with Crippen molar-refractivity contribution in [3.8, 4) is 34.3 Å². The Bertz CT molecular complexity index is 1150. The molecule has 1 aliphatic rings. The minimum atomic E-state index is -1.57. The number of phenolic OH excluding ortho intramolecular Hbond substituents is 3. The number of aromatic hydroxyl groups is 3. The highest BCUT2D eigenvalue weighted by Crippen LogP contribution is 2.35. The maximum atomic E-state index is 12.4. The van der Waals surface area contributed by atoms with Crippen LogP contribution in [0.1, 0.15) is 0 Å². The van der Waals surface area contributed by atoms with Gasteiger partial charge in [-0.25, -0.2) is 0 Å². The van der Waals surface area contributed by atoms with E-state index in [0.29, 0.717) is 5.56 Å². The van der Waals surface area contributed by atoms with E-state index in [9.17, 15) is 35.4 Å². The number of ether oxygens (including phenoxy) is 2. The fraction of sp³-hybridized carbons (Fsp3) is 0.250. The van der Waals surface area contributed by atoms with E-state index in [1.807, 2.05) is 0 Å². The lowest BCUT2D eigenvalue weighted by Gasteiger charge is -2.35. The SMILES string of the molecule is O=c1cc(-c2ccc(O)c(O[C@H]3OC[C@H](O)[C@H](O)[C@@H]3O)c2)oc2cc(O)cc(O)c12. The molecule has 0 unspecified atom stereocenters. The van der Waals surface area contributed by atoms with Crippen molar-refractivity contribution in [2.45, 2.75) is 24.6 Å². The first-order valence-corrected chi connectivity index (χ1v) is 8.90. The van der Waals surface area contributed by atoms with Gasteiger partial charge in [-0.05, 0) is 18.2 Å². The number of hydrogen-bond acceptors (Lipinski definition) is 10. The summed E-state index contributed by atoms with van der Waals surface area (Å²) in [6.45, 7) is -0.282. The van der Waals surface area contributed by atoms with Gasteiger partial charge in [0.25, 0.3) is 0 Å². The van der Waals surface area contributed by atoms with Crippen LogP contribution in [0.2, 0.25) is 0 Å². The van der Waals surface area contributed by atoms with Crippen LogP contribution in [-0.4, -0.2) is 61.8 Å². The lowest BCUT2D eigenvalue weighted by Crippen LogP contribution is -2.54. The maximum Gasteiger partial charge on any atom is 0.229 e. The molecule has 1 aromatic heterocycles. The van der Waals surface area contributed by atoms with Crippen LogP contribution in [0.15, 0.2) is 45.6 Å². The summed E-state index contributed by atoms with van der Waals surface area (Å²) >= 11 is 0. The fourth-order valence-electron chi connectivity index (χ4n) is 3.17. The summed E-state index contributed by atoms with van der Waals surface area (Å²) in [5.41, 5.74) is -0.299. The Morgan fingerprint density at radius 2 is 1.70 bits per heavy atom. The summed E-state index contributed by atoms with van der Waals surface area (Å²) in [6, 6.07) is 7.33. The number of aliphatic hydroxyl groups excluding tert-OH is 3. The zero-order valence-corrected chi connectivity index (χ0v) is 15.3. The number of rotatable bonds is 3. The molecule has 0 aliphatic carbocycles. The van der Waals surface area contributed by atoms with Gasteiger partial charge in [0.05, 0.1) is 6.61 Å². The Labute approximate surface area is 168 Å². The summed E-state index contributed by atoms with van der Waals surface area (Å²) in [7, 11) is 0. The highest BCUT2D eigenvalue weighted by atomic mass is 16.7. The van der Waals surface area contributed by atoms with Crippen LogP contribution in [0, 0.1) is 0 Å². The molecule has 10 heteroatoms. The van der Waals surface area contributed by atoms with E-state index in [1.165, 1.54) is 24.3 Å². The summed E-state index contributed by atoms with van der Waals surface area (Å²) in [6.07, 6.45) is -5.70. The number of benzene rings is 2. The van der Waals surface area contributed by atoms with Gasteiger partial charge in [0, 0.05) is 23.8 Å². The summed E-state index contributed by atoms with van der Waals surface area (Å²) in [4.78, 5) is 12.4. The largest absolute Gasteiger partial charge is 0.508 e. The van der Waals surface area contributed by atoms with E-state index in [1.54, 1.807) is 0 Å². The fourth-order valence-corrected chi connectivity index (χ4v) is 3.17. The number of fused-ring (bicyclic) bond motifs is 1. The molecule has 1 fully saturated rings. The molecule has 0 radical (unpaired) electrons. The Morgan fingerprint density at radius 3 is 2.47 bits per heavy atom. The second-order valence-corrected chi connectivity index (χ2v) is 6.86. The Balaban J connectivity index is 1.71. The maximum absolute atomic E-state index is 12.4. The highest BCUT2D eigenvalue weighted by Gasteiger charge is 2.39. The number of aliphatic hydroxyl groups is 3. The second-order valence-electron chi connectivity index (χ2n) is 6.86. The lowest BCUT2D eigenvalue weighted by molar-refractivity contribution is -0.242. The quantitative estimate of drug-likeness (QED) is 0.350. The molecule has 158 valence electrons. The zero-order valence-electron chi connectivity index (χ0n) is 15.3. The summed E-state index contributed by atoms with van der Waals surface area (Å²) in [5, 5.41) is 58.8. The Morgan fingerprint density at radius 1 is 0.933 bits per heavy atom. The van der Waals surface area contributed by atoms with Crippen LogP contribution in [0.4, 0.5) is 0 Å². The standard InChI is InChI=1S/C20H18O10/c21-9-4-11(23)17-12(24)6-14(29-16(17)5-9)8-1-2-10(22)15(3-8)30-20-19(27)18(26)13(25)7-28-20/h1-6,13,18-23,25-27H,7H2/t13-,18-,19-,20+/m0/s1. The van der Waals surface area contributed by atoms with Gasteiger partial charge in [0.15, 0.2) is 16.9 Å². The first-order chi connectivity index (χ1) is 14.2. The molecule has 10 nitrogen and oxygen atoms in total. The normalized spacial score (nSPS) is 24.1. The molecule has 4 atom stereocenters. The van der Waals surface area contributed by atoms with Crippen LogP contribution < -0.4 is 10.2 Å². The highest BCUT2D eigenvalue weighted by molar-refractivity contribution is 5.86. The molecular formula is C20H18O10. The van der Waals surface area contributed by atoms with Crippen molar-refractivity contribution in [3.05, 3.63) is 46.6 Å². The van der Waals surface area contributed by atoms with Gasteiger partial charge in [-0.3, -0.25) is 4.79 Å². The van der Waals surface area contributed by atoms with Gasteiger partial charge >= 0.3 is 0 Å². The Kier molecular flexibility index (Phi) is 5.00. The van der Waals surface area contributed by atoms with Crippen molar-refractivity contribution < 1.29 is 44.5 Å². The average molecular weight is 418 g/mol. The minimum absolute atomic E-state index is 0.0475. The first-order valence-electron chi connectivity index (χ1n) is 8.90. The molecule has 4 rings (SSSR count). The Hall–Kier alpha value is -3.31. The van der Waals surface area contributed by atoms with Crippen molar-refractivity contribution >= 4 is 11.0 Å². The minimum Gasteiger partial charge on any atom is -0.508 e. The van der Waals surface area contributed by atoms with Crippen molar-refractivity contribution in [3.63, 3.8) is 0 Å². The molecule has 1 aliphatic heterocycles. The molecule has 0 saturated carbocycles. The van der Waals surface area contributed by atoms with E-state index in [4.69, 9.17) is 13.9 Å². The van der Waals surface area contributed by atoms with Gasteiger partial charge in [0.2, 0.25) is 6.29 Å². The van der Waals surface area contributed by atoms with E-state index >= 15 is 0 Å². The topological polar surface area (TPSA) is 170 Å². The molecule has 0 bridgehead atoms. The third-order valence-electron chi connectivity index (χ3n) is 4.74. The van der Waals surface area contributed by atoms with Crippen LogP contribution in [0.3, 0.4) is 0 Å². The molecule has 2 heterocycles. The molecule has 2 aromatic carbocycles. The molecule has 1 saturated heterocycles. The van der Waals surface area contributed by atoms with Crippen LogP contribution >= 0.6 is 0 Å². The zero-order chi connectivity index (χ0) is 21.6. The molecule has 6 N–H and O–H groups in total. The van der Waals surface area contributed by atoms with E-state index in [0.717, 1.165) is 12.1 Å². The molecule has 30 heavy (non-hydrogen) atoms. The predicted molar refractivity (Wildman–Crippen MR) is 101 cm³/mol. The number of phenols is 3. The molecular weight excluding hydrogens is 400 g/mol. The van der Waals surface area contributed by atoms with Gasteiger partial charge in [-0.2, -0.15) is 0 Å². The average Bonchev–Trinajstić information content (AvgIpc) is 2.69. The summed E-state index contributed by atoms with van der Waals surface area (Å²) < 4.78 is 16.2. The molecule has 0 spiro atoms. The smallest absolute Gasteiger partial charge is 0.229 e. The van der Waals surface area contributed by atoms with E-state index in [-0.39, 0.29) is 40.6 Å². The monoisotopic (exact) mass is 418 g/mol. The van der Waals surface area contributed by atoms with Crippen molar-refractivity contribution in [2.24, 2.45) is 0 Å². The molecule has 3 aromatic rings. The van der Waals surface area contributed by atoms with Crippen molar-refractivity contribution in [1.29, 1.82) is 0 Å². The van der Waals surface area contributed by atoms with Gasteiger partial charge < -0.3 is 44.5 Å². The van der Waals surface area contributed by atoms with E-state index in [2.05, 4.69) is 0 Å².